The molecule has 2 aliphatic rings. The van der Waals surface area contributed by atoms with Crippen molar-refractivity contribution in [1.82, 2.24) is 4.90 Å². The van der Waals surface area contributed by atoms with E-state index in [4.69, 9.17) is 20.9 Å². The number of carboxylic acid groups (broad SMARTS) is 1. The Hall–Kier alpha value is -2.78. The monoisotopic (exact) mass is 453 g/mol. The Bertz CT molecular complexity index is 957. The van der Waals surface area contributed by atoms with Crippen LogP contribution in [-0.4, -0.2) is 58.5 Å². The molecule has 2 fully saturated rings. The lowest BCUT2D eigenvalue weighted by molar-refractivity contribution is -0.178. The van der Waals surface area contributed by atoms with E-state index in [9.17, 15) is 14.7 Å². The Labute approximate surface area is 193 Å². The molecule has 5 unspecified atom stereocenters. The van der Waals surface area contributed by atoms with E-state index < -0.39 is 36.0 Å². The number of benzene rings is 2. The first-order valence-corrected chi connectivity index (χ1v) is 11.4. The van der Waals surface area contributed by atoms with E-state index in [1.54, 1.807) is 4.90 Å². The van der Waals surface area contributed by atoms with Crippen molar-refractivity contribution in [2.75, 3.05) is 6.54 Å². The highest BCUT2D eigenvalue weighted by Gasteiger charge is 2.60. The highest BCUT2D eigenvalue weighted by Crippen LogP contribution is 2.39. The maximum absolute atomic E-state index is 13.7. The minimum atomic E-state index is -1.75. The summed E-state index contributed by atoms with van der Waals surface area (Å²) in [6.07, 6.45) is -1.09. The molecule has 2 bridgehead atoms. The number of ether oxygens (including phenoxy) is 2. The van der Waals surface area contributed by atoms with Gasteiger partial charge in [0.25, 0.3) is 5.91 Å². The summed E-state index contributed by atoms with van der Waals surface area (Å²) in [6, 6.07) is 19.1. The zero-order valence-electron chi connectivity index (χ0n) is 18.5. The molecule has 0 saturated carbocycles. The number of fused-ring (bicyclic) bond motifs is 2. The fourth-order valence-electron chi connectivity index (χ4n) is 4.67. The van der Waals surface area contributed by atoms with E-state index in [0.717, 1.165) is 11.1 Å². The quantitative estimate of drug-likeness (QED) is 0.467. The van der Waals surface area contributed by atoms with Gasteiger partial charge in [-0.1, -0.05) is 60.7 Å². The smallest absolute Gasteiger partial charge is 0.326 e. The predicted molar refractivity (Wildman–Crippen MR) is 122 cm³/mol. The lowest BCUT2D eigenvalue weighted by atomic mass is 9.84. The summed E-state index contributed by atoms with van der Waals surface area (Å²) in [7, 11) is 0. The number of aliphatic carboxylic acids is 1. The fraction of sp³-hybridized carbons (Fsp3) is 0.440. The van der Waals surface area contributed by atoms with Crippen LogP contribution >= 0.6 is 0 Å². The summed E-state index contributed by atoms with van der Waals surface area (Å²) in [4.78, 5) is 27.6. The number of unbranched alkanes of at least 4 members (excludes halogenated alkanes) is 1. The molecule has 0 radical (unpaired) electrons. The molecule has 4 rings (SSSR count). The van der Waals surface area contributed by atoms with Gasteiger partial charge in [0, 0.05) is 6.54 Å². The van der Waals surface area contributed by atoms with Crippen LogP contribution in [0, 0.1) is 0 Å². The molecular weight excluding hydrogens is 422 g/mol. The molecule has 0 aliphatic carbocycles. The number of hydrogen-bond acceptors (Lipinski definition) is 6. The Morgan fingerprint density at radius 2 is 1.64 bits per heavy atom. The number of morpholine rings is 1. The average Bonchev–Trinajstić information content (AvgIpc) is 3.24. The molecule has 5 atom stereocenters. The Morgan fingerprint density at radius 1 is 1.00 bits per heavy atom. The van der Waals surface area contributed by atoms with Crippen molar-refractivity contribution in [1.29, 1.82) is 0 Å². The van der Waals surface area contributed by atoms with Gasteiger partial charge in [0.05, 0.1) is 6.04 Å². The third kappa shape index (κ3) is 4.79. The summed E-state index contributed by atoms with van der Waals surface area (Å²) < 4.78 is 12.1. The maximum atomic E-state index is 13.7. The van der Waals surface area contributed by atoms with E-state index in [1.165, 1.54) is 0 Å². The van der Waals surface area contributed by atoms with Crippen LogP contribution < -0.4 is 11.5 Å². The van der Waals surface area contributed by atoms with Gasteiger partial charge in [-0.05, 0) is 43.4 Å². The Kier molecular flexibility index (Phi) is 7.09. The number of carboxylic acids is 1. The number of amides is 1. The van der Waals surface area contributed by atoms with Crippen LogP contribution in [0.2, 0.25) is 0 Å². The van der Waals surface area contributed by atoms with Crippen LogP contribution in [0.3, 0.4) is 0 Å². The number of nitrogens with zero attached hydrogens (tertiary/aromatic N) is 1. The largest absolute Gasteiger partial charge is 0.480 e. The minimum absolute atomic E-state index is 0.145. The van der Waals surface area contributed by atoms with E-state index in [1.807, 2.05) is 60.7 Å². The summed E-state index contributed by atoms with van der Waals surface area (Å²) >= 11 is 0. The second-order valence-corrected chi connectivity index (χ2v) is 8.78. The summed E-state index contributed by atoms with van der Waals surface area (Å²) in [5.74, 6) is -1.50. The standard InChI is InChI=1S/C25H31N3O5/c26-14-8-7-13-25(27,24(30)31)21-20-22(29)28(16-18-11-5-2-6-12-18)19(23(32-20)33-21)15-17-9-3-1-4-10-17/h1-6,9-12,19-21,23H,7-8,13-16,26-27H2,(H,30,31). The molecule has 8 heteroatoms. The molecule has 2 aromatic carbocycles. The second kappa shape index (κ2) is 10.0. The number of hydrogen-bond donors (Lipinski definition) is 3. The van der Waals surface area contributed by atoms with Crippen LogP contribution in [0.25, 0.3) is 0 Å². The molecule has 33 heavy (non-hydrogen) atoms. The van der Waals surface area contributed by atoms with Gasteiger partial charge < -0.3 is 30.9 Å². The van der Waals surface area contributed by atoms with Crippen LogP contribution in [0.5, 0.6) is 0 Å². The first kappa shape index (κ1) is 23.4. The van der Waals surface area contributed by atoms with E-state index in [2.05, 4.69) is 0 Å². The summed E-state index contributed by atoms with van der Waals surface area (Å²) in [6.45, 7) is 0.814. The van der Waals surface area contributed by atoms with Crippen LogP contribution in [0.4, 0.5) is 0 Å². The lowest BCUT2D eigenvalue weighted by Crippen LogP contribution is -2.63. The van der Waals surface area contributed by atoms with Gasteiger partial charge in [0.2, 0.25) is 0 Å². The summed E-state index contributed by atoms with van der Waals surface area (Å²) in [5.41, 5.74) is 12.2. The number of carbonyl (C=O) groups excluding carboxylic acids is 1. The first-order valence-electron chi connectivity index (χ1n) is 11.4. The molecular formula is C25H31N3O5. The highest BCUT2D eigenvalue weighted by molar-refractivity contribution is 5.87. The van der Waals surface area contributed by atoms with E-state index in [0.29, 0.717) is 32.4 Å². The maximum Gasteiger partial charge on any atom is 0.326 e. The molecule has 1 amide bonds. The number of nitrogens with two attached hydrogens (primary N) is 2. The molecule has 2 aliphatic heterocycles. The molecule has 2 heterocycles. The normalized spacial score (nSPS) is 26.2. The number of rotatable bonds is 10. The summed E-state index contributed by atoms with van der Waals surface area (Å²) in [5, 5.41) is 9.98. The van der Waals surface area contributed by atoms with Crippen molar-refractivity contribution in [3.63, 3.8) is 0 Å². The van der Waals surface area contributed by atoms with Gasteiger partial charge in [-0.15, -0.1) is 0 Å². The van der Waals surface area contributed by atoms with Crippen molar-refractivity contribution in [3.8, 4) is 0 Å². The minimum Gasteiger partial charge on any atom is -0.480 e. The number of carbonyl (C=O) groups is 2. The molecule has 176 valence electrons. The molecule has 8 nitrogen and oxygen atoms in total. The molecule has 2 aromatic rings. The van der Waals surface area contributed by atoms with Gasteiger partial charge in [0.15, 0.2) is 12.4 Å². The highest BCUT2D eigenvalue weighted by atomic mass is 16.7. The van der Waals surface area contributed by atoms with Crippen molar-refractivity contribution in [2.45, 2.75) is 62.3 Å². The first-order chi connectivity index (χ1) is 15.9. The third-order valence-corrected chi connectivity index (χ3v) is 6.51. The van der Waals surface area contributed by atoms with Crippen LogP contribution in [-0.2, 0) is 32.0 Å². The van der Waals surface area contributed by atoms with Gasteiger partial charge >= 0.3 is 5.97 Å². The zero-order chi connectivity index (χ0) is 23.4. The predicted octanol–water partition coefficient (Wildman–Crippen LogP) is 1.66. The SMILES string of the molecule is NCCCCC(N)(C(=O)O)C1OC2OC1C(=O)N(Cc1ccccc1)C2Cc1ccccc1. The van der Waals surface area contributed by atoms with Gasteiger partial charge in [0.1, 0.15) is 11.6 Å². The zero-order valence-corrected chi connectivity index (χ0v) is 18.5. The molecule has 0 spiro atoms. The third-order valence-electron chi connectivity index (χ3n) is 6.51. The van der Waals surface area contributed by atoms with Gasteiger partial charge in [-0.2, -0.15) is 0 Å². The van der Waals surface area contributed by atoms with Crippen molar-refractivity contribution >= 4 is 11.9 Å². The van der Waals surface area contributed by atoms with Crippen LogP contribution in [0.1, 0.15) is 30.4 Å². The fourth-order valence-corrected chi connectivity index (χ4v) is 4.67. The topological polar surface area (TPSA) is 128 Å². The Morgan fingerprint density at radius 3 is 2.24 bits per heavy atom. The van der Waals surface area contributed by atoms with Crippen molar-refractivity contribution in [3.05, 3.63) is 71.8 Å². The van der Waals surface area contributed by atoms with Gasteiger partial charge in [-0.3, -0.25) is 9.59 Å². The average molecular weight is 454 g/mol. The Balaban J connectivity index is 1.64. The second-order valence-electron chi connectivity index (χ2n) is 8.78. The van der Waals surface area contributed by atoms with Crippen molar-refractivity contribution < 1.29 is 24.2 Å². The van der Waals surface area contributed by atoms with Crippen molar-refractivity contribution in [2.24, 2.45) is 11.5 Å². The molecule has 0 aromatic heterocycles. The van der Waals surface area contributed by atoms with Gasteiger partial charge in [-0.25, -0.2) is 0 Å². The van der Waals surface area contributed by atoms with Crippen LogP contribution in [0.15, 0.2) is 60.7 Å². The molecule has 5 N–H and O–H groups in total. The van der Waals surface area contributed by atoms with E-state index in [-0.39, 0.29) is 12.3 Å². The lowest BCUT2D eigenvalue weighted by Gasteiger charge is -2.39. The molecule has 2 saturated heterocycles. The van der Waals surface area contributed by atoms with E-state index >= 15 is 0 Å².